The minimum atomic E-state index is -3.64. The Balaban J connectivity index is 0.00000126. The third-order valence-electron chi connectivity index (χ3n) is 4.38. The fourth-order valence-corrected chi connectivity index (χ4v) is 4.70. The number of quaternary nitrogens is 1. The molecule has 0 saturated carbocycles. The fraction of sp³-hybridized carbons (Fsp3) is 0.333. The van der Waals surface area contributed by atoms with E-state index in [9.17, 15) is 13.6 Å². The van der Waals surface area contributed by atoms with Gasteiger partial charge >= 0.3 is 0 Å². The van der Waals surface area contributed by atoms with E-state index in [1.807, 2.05) is 56.3 Å². The van der Waals surface area contributed by atoms with Crippen LogP contribution in [-0.2, 0) is 21.2 Å². The van der Waals surface area contributed by atoms with E-state index < -0.39 is 15.2 Å². The van der Waals surface area contributed by atoms with Crippen molar-refractivity contribution in [2.45, 2.75) is 43.2 Å². The summed E-state index contributed by atoms with van der Waals surface area (Å²) >= 11 is 0. The van der Waals surface area contributed by atoms with E-state index in [1.54, 1.807) is 30.3 Å². The monoisotopic (exact) mass is 390 g/mol. The maximum absolute atomic E-state index is 12.8. The van der Waals surface area contributed by atoms with Crippen LogP contribution in [0.4, 0.5) is 0 Å². The number of hydrogen-bond donors (Lipinski definition) is 2. The molecule has 0 heterocycles. The van der Waals surface area contributed by atoms with E-state index in [1.165, 1.54) is 0 Å². The smallest absolute Gasteiger partial charge is 0.234 e. The van der Waals surface area contributed by atoms with Gasteiger partial charge in [0.15, 0.2) is 0 Å². The molecule has 3 atom stereocenters. The van der Waals surface area contributed by atoms with Gasteiger partial charge in [-0.25, -0.2) is 13.6 Å². The zero-order valence-corrected chi connectivity index (χ0v) is 16.5. The van der Waals surface area contributed by atoms with Crippen LogP contribution in [0.1, 0.15) is 25.8 Å². The van der Waals surface area contributed by atoms with Gasteiger partial charge in [-0.15, -0.1) is 0 Å². The average Bonchev–Trinajstić information content (AvgIpc) is 3.18. The van der Waals surface area contributed by atoms with Crippen LogP contribution in [0, 0.1) is 5.92 Å². The summed E-state index contributed by atoms with van der Waals surface area (Å²) in [4.78, 5) is 0.215. The van der Waals surface area contributed by atoms with Crippen molar-refractivity contribution < 1.29 is 23.8 Å². The Bertz CT molecular complexity index is 807. The van der Waals surface area contributed by atoms with E-state index in [0.717, 1.165) is 11.0 Å². The van der Waals surface area contributed by atoms with Crippen LogP contribution in [0.5, 0.6) is 0 Å². The minimum Gasteiger partial charge on any atom is -0.369 e. The van der Waals surface area contributed by atoms with Gasteiger partial charge in [-0.1, -0.05) is 74.5 Å². The number of hydroxylamine groups is 1. The van der Waals surface area contributed by atoms with Crippen LogP contribution in [0.25, 0.3) is 0 Å². The van der Waals surface area contributed by atoms with Crippen molar-refractivity contribution >= 4 is 9.84 Å². The van der Waals surface area contributed by atoms with Gasteiger partial charge in [-0.3, -0.25) is 0 Å². The minimum absolute atomic E-state index is 0.154. The van der Waals surface area contributed by atoms with Crippen LogP contribution >= 0.6 is 0 Å². The van der Waals surface area contributed by atoms with Gasteiger partial charge < -0.3 is 4.74 Å². The second kappa shape index (κ2) is 10.4. The van der Waals surface area contributed by atoms with E-state index >= 15 is 0 Å². The highest BCUT2D eigenvalue weighted by Crippen LogP contribution is 2.28. The lowest BCUT2D eigenvalue weighted by Gasteiger charge is -2.19. The molecule has 6 heteroatoms. The maximum Gasteiger partial charge on any atom is 0.234 e. The highest BCUT2D eigenvalue weighted by molar-refractivity contribution is 7.91. The van der Waals surface area contributed by atoms with Crippen molar-refractivity contribution in [2.75, 3.05) is 0 Å². The molecule has 3 rings (SSSR count). The fourth-order valence-electron chi connectivity index (χ4n) is 3.02. The third kappa shape index (κ3) is 5.49. The molecule has 0 amide bonds. The molecule has 27 heavy (non-hydrogen) atoms. The molecule has 0 radical (unpaired) electrons. The van der Waals surface area contributed by atoms with Gasteiger partial charge in [0.1, 0.15) is 0 Å². The lowest BCUT2D eigenvalue weighted by molar-refractivity contribution is -0.899. The molecular weight excluding hydrogens is 362 g/mol. The molecule has 146 valence electrons. The van der Waals surface area contributed by atoms with Crippen molar-refractivity contribution in [3.8, 4) is 0 Å². The summed E-state index contributed by atoms with van der Waals surface area (Å²) < 4.78 is 31.4. The molecule has 0 aliphatic heterocycles. The average molecular weight is 391 g/mol. The topological polar surface area (TPSA) is 80.2 Å². The van der Waals surface area contributed by atoms with Crippen LogP contribution in [-0.4, -0.2) is 25.1 Å². The molecule has 0 spiro atoms. The van der Waals surface area contributed by atoms with Crippen LogP contribution < -0.4 is 5.48 Å². The summed E-state index contributed by atoms with van der Waals surface area (Å²) in [6.07, 6.45) is 4.08. The molecule has 0 bridgehead atoms. The van der Waals surface area contributed by atoms with Gasteiger partial charge in [0, 0.05) is 0 Å². The van der Waals surface area contributed by atoms with Gasteiger partial charge in [0.05, 0.1) is 23.5 Å². The first-order chi connectivity index (χ1) is 13.1. The standard InChI is InChI=1S/C19H21NO4S.C2H6/c21-20-19(25(22,23)18-9-5-2-6-10-18)16-11-12-17(13-16)24-14-15-7-3-1-4-8-15;1-2/h1-12,16-17,19-21H,13-14H2;1-2H3/p+1. The molecule has 2 aromatic rings. The summed E-state index contributed by atoms with van der Waals surface area (Å²) in [6.45, 7) is 4.47. The van der Waals surface area contributed by atoms with Crippen molar-refractivity contribution in [1.29, 1.82) is 0 Å². The lowest BCUT2D eigenvalue weighted by Crippen LogP contribution is -2.90. The van der Waals surface area contributed by atoms with Crippen molar-refractivity contribution in [3.63, 3.8) is 0 Å². The van der Waals surface area contributed by atoms with Gasteiger partial charge in [-0.2, -0.15) is 5.48 Å². The van der Waals surface area contributed by atoms with Gasteiger partial charge in [-0.05, 0) is 24.1 Å². The molecular formula is C21H28NO4S+. The Hall–Kier alpha value is -1.99. The number of ether oxygens (including phenoxy) is 1. The predicted octanol–water partition coefficient (Wildman–Crippen LogP) is 2.93. The summed E-state index contributed by atoms with van der Waals surface area (Å²) in [6, 6.07) is 18.0. The van der Waals surface area contributed by atoms with E-state index in [2.05, 4.69) is 0 Å². The van der Waals surface area contributed by atoms with E-state index in [-0.39, 0.29) is 16.9 Å². The third-order valence-corrected chi connectivity index (χ3v) is 6.50. The predicted molar refractivity (Wildman–Crippen MR) is 105 cm³/mol. The second-order valence-electron chi connectivity index (χ2n) is 6.09. The maximum atomic E-state index is 12.8. The highest BCUT2D eigenvalue weighted by Gasteiger charge is 2.40. The van der Waals surface area contributed by atoms with Crippen LogP contribution in [0.15, 0.2) is 77.7 Å². The molecule has 1 aliphatic rings. The van der Waals surface area contributed by atoms with Crippen molar-refractivity contribution in [1.82, 2.24) is 0 Å². The summed E-state index contributed by atoms with van der Waals surface area (Å²) in [5.74, 6) is -0.309. The Morgan fingerprint density at radius 1 is 1.04 bits per heavy atom. The Labute approximate surface area is 161 Å². The Kier molecular flexibility index (Phi) is 8.19. The molecule has 0 aromatic heterocycles. The molecule has 3 N–H and O–H groups in total. The van der Waals surface area contributed by atoms with Gasteiger partial charge in [0.25, 0.3) is 0 Å². The molecule has 0 saturated heterocycles. The molecule has 1 aliphatic carbocycles. The molecule has 3 unspecified atom stereocenters. The quantitative estimate of drug-likeness (QED) is 0.563. The highest BCUT2D eigenvalue weighted by atomic mass is 32.2. The molecule has 5 nitrogen and oxygen atoms in total. The number of hydrogen-bond acceptors (Lipinski definition) is 4. The zero-order chi connectivity index (χ0) is 19.7. The van der Waals surface area contributed by atoms with Crippen molar-refractivity contribution in [3.05, 3.63) is 78.4 Å². The number of nitrogens with two attached hydrogens (primary N) is 1. The number of benzene rings is 2. The van der Waals surface area contributed by atoms with Crippen LogP contribution in [0.3, 0.4) is 0 Å². The first-order valence-electron chi connectivity index (χ1n) is 9.21. The first-order valence-corrected chi connectivity index (χ1v) is 10.8. The van der Waals surface area contributed by atoms with E-state index in [0.29, 0.717) is 13.0 Å². The number of rotatable bonds is 7. The molecule has 0 fully saturated rings. The Morgan fingerprint density at radius 3 is 2.22 bits per heavy atom. The lowest BCUT2D eigenvalue weighted by atomic mass is 10.1. The molecule has 2 aromatic carbocycles. The Morgan fingerprint density at radius 2 is 1.63 bits per heavy atom. The summed E-state index contributed by atoms with van der Waals surface area (Å²) in [5.41, 5.74) is 1.86. The largest absolute Gasteiger partial charge is 0.369 e. The normalized spacial score (nSPS) is 20.0. The van der Waals surface area contributed by atoms with E-state index in [4.69, 9.17) is 4.74 Å². The number of sulfone groups is 1. The van der Waals surface area contributed by atoms with Gasteiger partial charge in [0.2, 0.25) is 15.2 Å². The summed E-state index contributed by atoms with van der Waals surface area (Å²) in [7, 11) is -3.64. The van der Waals surface area contributed by atoms with Crippen molar-refractivity contribution in [2.24, 2.45) is 5.92 Å². The summed E-state index contributed by atoms with van der Waals surface area (Å²) in [5, 5.41) is 8.62. The van der Waals surface area contributed by atoms with Crippen LogP contribution in [0.2, 0.25) is 0 Å². The SMILES string of the molecule is CC.O=S(=O)(c1ccccc1)C([NH2+]O)C1C=CC(OCc2ccccc2)C1. The second-order valence-corrected chi connectivity index (χ2v) is 8.20. The zero-order valence-electron chi connectivity index (χ0n) is 15.7. The first kappa shape index (κ1) is 21.3.